The number of aliphatic carboxylic acids is 1. The third kappa shape index (κ3) is 2.53. The predicted molar refractivity (Wildman–Crippen MR) is 73.2 cm³/mol. The standard InChI is InChI=1S/C15H17NO5/c1-15(7-12(17)16-13(15)14(18)19)5-4-9-2-3-10-11(6-9)21-8-20-10/h2-3,6,13H,4-5,7-8H2,1H3,(H,16,17)(H,18,19). The molecular weight excluding hydrogens is 274 g/mol. The maximum absolute atomic E-state index is 11.5. The van der Waals surface area contributed by atoms with Crippen LogP contribution >= 0.6 is 0 Å². The minimum atomic E-state index is -0.978. The fourth-order valence-corrected chi connectivity index (χ4v) is 2.97. The third-order valence-corrected chi connectivity index (χ3v) is 4.24. The lowest BCUT2D eigenvalue weighted by atomic mass is 9.77. The zero-order chi connectivity index (χ0) is 15.0. The Morgan fingerprint density at radius 3 is 2.95 bits per heavy atom. The number of aryl methyl sites for hydroxylation is 1. The molecule has 1 aromatic carbocycles. The van der Waals surface area contributed by atoms with E-state index in [0.717, 1.165) is 11.3 Å². The van der Waals surface area contributed by atoms with Gasteiger partial charge in [0.25, 0.3) is 0 Å². The molecule has 1 aromatic rings. The van der Waals surface area contributed by atoms with Gasteiger partial charge in [0.1, 0.15) is 6.04 Å². The van der Waals surface area contributed by atoms with Gasteiger partial charge in [-0.2, -0.15) is 0 Å². The molecule has 6 nitrogen and oxygen atoms in total. The van der Waals surface area contributed by atoms with Crippen LogP contribution in [-0.2, 0) is 16.0 Å². The van der Waals surface area contributed by atoms with Gasteiger partial charge in [0.15, 0.2) is 11.5 Å². The number of carbonyl (C=O) groups is 2. The topological polar surface area (TPSA) is 84.9 Å². The molecule has 2 unspecified atom stereocenters. The van der Waals surface area contributed by atoms with E-state index in [4.69, 9.17) is 9.47 Å². The number of carbonyl (C=O) groups excluding carboxylic acids is 1. The summed E-state index contributed by atoms with van der Waals surface area (Å²) in [6, 6.07) is 4.88. The van der Waals surface area contributed by atoms with E-state index >= 15 is 0 Å². The van der Waals surface area contributed by atoms with Crippen molar-refractivity contribution in [2.45, 2.75) is 32.2 Å². The minimum absolute atomic E-state index is 0.199. The van der Waals surface area contributed by atoms with Gasteiger partial charge >= 0.3 is 5.97 Å². The predicted octanol–water partition coefficient (Wildman–Crippen LogP) is 1.33. The van der Waals surface area contributed by atoms with Crippen LogP contribution in [0.4, 0.5) is 0 Å². The van der Waals surface area contributed by atoms with Crippen molar-refractivity contribution in [1.82, 2.24) is 5.32 Å². The number of benzene rings is 1. The van der Waals surface area contributed by atoms with Crippen LogP contribution in [0, 0.1) is 5.41 Å². The monoisotopic (exact) mass is 291 g/mol. The Hall–Kier alpha value is -2.24. The Morgan fingerprint density at radius 2 is 2.19 bits per heavy atom. The highest BCUT2D eigenvalue weighted by Crippen LogP contribution is 2.38. The van der Waals surface area contributed by atoms with Crippen LogP contribution in [0.1, 0.15) is 25.3 Å². The summed E-state index contributed by atoms with van der Waals surface area (Å²) in [5.74, 6) is 0.267. The summed E-state index contributed by atoms with van der Waals surface area (Å²) in [4.78, 5) is 22.8. The second kappa shape index (κ2) is 4.95. The molecule has 6 heteroatoms. The molecule has 0 radical (unpaired) electrons. The maximum atomic E-state index is 11.5. The fraction of sp³-hybridized carbons (Fsp3) is 0.467. The van der Waals surface area contributed by atoms with Crippen molar-refractivity contribution in [2.75, 3.05) is 6.79 Å². The molecular formula is C15H17NO5. The van der Waals surface area contributed by atoms with E-state index in [9.17, 15) is 14.7 Å². The molecule has 2 heterocycles. The molecule has 0 spiro atoms. The Bertz CT molecular complexity index is 600. The molecule has 1 amide bonds. The van der Waals surface area contributed by atoms with Crippen LogP contribution in [0.25, 0.3) is 0 Å². The smallest absolute Gasteiger partial charge is 0.326 e. The number of nitrogens with one attached hydrogen (secondary N) is 1. The van der Waals surface area contributed by atoms with E-state index in [2.05, 4.69) is 5.32 Å². The Kier molecular flexibility index (Phi) is 3.23. The van der Waals surface area contributed by atoms with Gasteiger partial charge in [-0.25, -0.2) is 4.79 Å². The second-order valence-electron chi connectivity index (χ2n) is 5.86. The first-order chi connectivity index (χ1) is 9.98. The second-order valence-corrected chi connectivity index (χ2v) is 5.86. The Balaban J connectivity index is 1.71. The Morgan fingerprint density at radius 1 is 1.43 bits per heavy atom. The van der Waals surface area contributed by atoms with Crippen LogP contribution in [0.5, 0.6) is 11.5 Å². The van der Waals surface area contributed by atoms with Gasteiger partial charge in [0, 0.05) is 11.8 Å². The minimum Gasteiger partial charge on any atom is -0.480 e. The molecule has 1 fully saturated rings. The van der Waals surface area contributed by atoms with Crippen molar-refractivity contribution in [3.63, 3.8) is 0 Å². The molecule has 3 rings (SSSR count). The SMILES string of the molecule is CC1(CCc2ccc3c(c2)OCO3)CC(=O)NC1C(=O)O. The highest BCUT2D eigenvalue weighted by atomic mass is 16.7. The van der Waals surface area contributed by atoms with Crippen molar-refractivity contribution in [1.29, 1.82) is 0 Å². The molecule has 2 aliphatic rings. The summed E-state index contributed by atoms with van der Waals surface area (Å²) in [6.07, 6.45) is 1.54. The van der Waals surface area contributed by atoms with Crippen molar-refractivity contribution in [2.24, 2.45) is 5.41 Å². The lowest BCUT2D eigenvalue weighted by molar-refractivity contribution is -0.142. The molecule has 21 heavy (non-hydrogen) atoms. The van der Waals surface area contributed by atoms with E-state index in [1.165, 1.54) is 0 Å². The zero-order valence-corrected chi connectivity index (χ0v) is 11.7. The normalized spacial score (nSPS) is 26.7. The molecule has 2 N–H and O–H groups in total. The highest BCUT2D eigenvalue weighted by molar-refractivity contribution is 5.89. The van der Waals surface area contributed by atoms with Crippen LogP contribution in [0.15, 0.2) is 18.2 Å². The number of amides is 1. The van der Waals surface area contributed by atoms with E-state index < -0.39 is 17.4 Å². The lowest BCUT2D eigenvalue weighted by Gasteiger charge is -2.27. The molecule has 0 saturated carbocycles. The van der Waals surface area contributed by atoms with Gasteiger partial charge in [-0.3, -0.25) is 4.79 Å². The van der Waals surface area contributed by atoms with E-state index in [0.29, 0.717) is 18.6 Å². The van der Waals surface area contributed by atoms with Gasteiger partial charge in [-0.05, 0) is 30.5 Å². The molecule has 0 bridgehead atoms. The van der Waals surface area contributed by atoms with Gasteiger partial charge in [-0.15, -0.1) is 0 Å². The number of hydrogen-bond acceptors (Lipinski definition) is 4. The van der Waals surface area contributed by atoms with E-state index in [1.54, 1.807) is 0 Å². The highest BCUT2D eigenvalue weighted by Gasteiger charge is 2.46. The average Bonchev–Trinajstić information content (AvgIpc) is 3.00. The first-order valence-electron chi connectivity index (χ1n) is 6.89. The quantitative estimate of drug-likeness (QED) is 0.874. The maximum Gasteiger partial charge on any atom is 0.326 e. The number of carboxylic acids is 1. The van der Waals surface area contributed by atoms with Crippen molar-refractivity contribution in [3.8, 4) is 11.5 Å². The number of hydrogen-bond donors (Lipinski definition) is 2. The molecule has 112 valence electrons. The van der Waals surface area contributed by atoms with Crippen LogP contribution in [-0.4, -0.2) is 29.8 Å². The largest absolute Gasteiger partial charge is 0.480 e. The molecule has 2 atom stereocenters. The third-order valence-electron chi connectivity index (χ3n) is 4.24. The van der Waals surface area contributed by atoms with E-state index in [1.807, 2.05) is 25.1 Å². The number of carboxylic acid groups (broad SMARTS) is 1. The summed E-state index contributed by atoms with van der Waals surface area (Å²) in [5.41, 5.74) is 0.475. The van der Waals surface area contributed by atoms with Gasteiger partial charge in [0.2, 0.25) is 12.7 Å². The first kappa shape index (κ1) is 13.7. The summed E-state index contributed by atoms with van der Waals surface area (Å²) in [5, 5.41) is 11.8. The number of rotatable bonds is 4. The average molecular weight is 291 g/mol. The molecule has 1 saturated heterocycles. The lowest BCUT2D eigenvalue weighted by Crippen LogP contribution is -2.42. The summed E-state index contributed by atoms with van der Waals surface area (Å²) in [7, 11) is 0. The van der Waals surface area contributed by atoms with E-state index in [-0.39, 0.29) is 19.1 Å². The molecule has 0 aromatic heterocycles. The summed E-state index contributed by atoms with van der Waals surface area (Å²) in [6.45, 7) is 2.08. The zero-order valence-electron chi connectivity index (χ0n) is 11.7. The van der Waals surface area contributed by atoms with Crippen molar-refractivity contribution in [3.05, 3.63) is 23.8 Å². The fourth-order valence-electron chi connectivity index (χ4n) is 2.97. The van der Waals surface area contributed by atoms with Gasteiger partial charge < -0.3 is 19.9 Å². The van der Waals surface area contributed by atoms with Crippen LogP contribution < -0.4 is 14.8 Å². The Labute approximate surface area is 122 Å². The van der Waals surface area contributed by atoms with Gasteiger partial charge in [0.05, 0.1) is 0 Å². The molecule has 2 aliphatic heterocycles. The van der Waals surface area contributed by atoms with Crippen LogP contribution in [0.3, 0.4) is 0 Å². The molecule has 0 aliphatic carbocycles. The first-order valence-corrected chi connectivity index (χ1v) is 6.89. The van der Waals surface area contributed by atoms with Crippen molar-refractivity contribution < 1.29 is 24.2 Å². The van der Waals surface area contributed by atoms with Gasteiger partial charge in [-0.1, -0.05) is 13.0 Å². The number of ether oxygens (including phenoxy) is 2. The van der Waals surface area contributed by atoms with Crippen molar-refractivity contribution >= 4 is 11.9 Å². The summed E-state index contributed by atoms with van der Waals surface area (Å²) >= 11 is 0. The summed E-state index contributed by atoms with van der Waals surface area (Å²) < 4.78 is 10.6. The number of fused-ring (bicyclic) bond motifs is 1. The van der Waals surface area contributed by atoms with Crippen LogP contribution in [0.2, 0.25) is 0 Å².